The summed E-state index contributed by atoms with van der Waals surface area (Å²) in [7, 11) is 1.59. The molecule has 1 aromatic heterocycles. The van der Waals surface area contributed by atoms with Crippen molar-refractivity contribution in [1.29, 1.82) is 0 Å². The van der Waals surface area contributed by atoms with E-state index in [0.717, 1.165) is 35.3 Å². The van der Waals surface area contributed by atoms with Gasteiger partial charge in [-0.15, -0.1) is 0 Å². The first-order valence-electron chi connectivity index (χ1n) is 14.2. The molecule has 0 unspecified atom stereocenters. The molecule has 1 N–H and O–H groups in total. The zero-order valence-corrected chi connectivity index (χ0v) is 24.6. The molecule has 0 radical (unpaired) electrons. The van der Waals surface area contributed by atoms with Crippen LogP contribution in [0.5, 0.6) is 17.2 Å². The first-order valence-corrected chi connectivity index (χ1v) is 15.0. The van der Waals surface area contributed by atoms with Crippen LogP contribution in [-0.4, -0.2) is 41.6 Å². The third-order valence-corrected chi connectivity index (χ3v) is 8.63. The third kappa shape index (κ3) is 5.09. The van der Waals surface area contributed by atoms with Crippen LogP contribution in [0.4, 0.5) is 5.13 Å². The average Bonchev–Trinajstić information content (AvgIpc) is 3.66. The number of rotatable bonds is 9. The number of thiazole rings is 1. The van der Waals surface area contributed by atoms with E-state index in [1.165, 1.54) is 16.2 Å². The van der Waals surface area contributed by atoms with Crippen LogP contribution in [-0.2, 0) is 16.0 Å². The van der Waals surface area contributed by atoms with Gasteiger partial charge in [-0.05, 0) is 73.0 Å². The summed E-state index contributed by atoms with van der Waals surface area (Å²) in [4.78, 5) is 33.4. The summed E-state index contributed by atoms with van der Waals surface area (Å²) >= 11 is 1.29. The number of anilines is 1. The number of carbonyl (C=O) groups excluding carboxylic acids is 2. The topological polar surface area (TPSA) is 98.2 Å². The molecule has 0 bridgehead atoms. The lowest BCUT2D eigenvalue weighted by atomic mass is 9.94. The van der Waals surface area contributed by atoms with Gasteiger partial charge in [0.05, 0.1) is 35.5 Å². The number of fused-ring (bicyclic) bond motifs is 2. The van der Waals surface area contributed by atoms with Crippen LogP contribution in [0.1, 0.15) is 55.8 Å². The predicted molar refractivity (Wildman–Crippen MR) is 163 cm³/mol. The van der Waals surface area contributed by atoms with Crippen molar-refractivity contribution >= 4 is 44.1 Å². The molecule has 1 saturated heterocycles. The van der Waals surface area contributed by atoms with Crippen molar-refractivity contribution in [3.05, 3.63) is 82.9 Å². The number of hydrogen-bond donors (Lipinski definition) is 1. The molecular formula is C33H32N2O6S. The molecule has 6 rings (SSSR count). The van der Waals surface area contributed by atoms with Crippen molar-refractivity contribution in [2.45, 2.75) is 51.7 Å². The highest BCUT2D eigenvalue weighted by atomic mass is 32.1. The quantitative estimate of drug-likeness (QED) is 0.0997. The van der Waals surface area contributed by atoms with E-state index in [0.29, 0.717) is 46.3 Å². The Morgan fingerprint density at radius 3 is 2.62 bits per heavy atom. The van der Waals surface area contributed by atoms with Crippen molar-refractivity contribution in [3.63, 3.8) is 0 Å². The molecule has 2 aliphatic rings. The minimum atomic E-state index is -0.884. The van der Waals surface area contributed by atoms with Gasteiger partial charge in [0.2, 0.25) is 0 Å². The molecule has 0 saturated carbocycles. The van der Waals surface area contributed by atoms with Crippen molar-refractivity contribution in [1.82, 2.24) is 4.98 Å². The Labute approximate surface area is 248 Å². The summed E-state index contributed by atoms with van der Waals surface area (Å²) in [5, 5.41) is 12.0. The Morgan fingerprint density at radius 1 is 1.07 bits per heavy atom. The highest BCUT2D eigenvalue weighted by Crippen LogP contribution is 2.45. The molecule has 2 aliphatic heterocycles. The lowest BCUT2D eigenvalue weighted by Gasteiger charge is -2.23. The summed E-state index contributed by atoms with van der Waals surface area (Å²) in [6, 6.07) is 17.3. The summed E-state index contributed by atoms with van der Waals surface area (Å²) in [5.74, 6) is 0.388. The van der Waals surface area contributed by atoms with Crippen molar-refractivity contribution < 1.29 is 28.9 Å². The predicted octanol–water partition coefficient (Wildman–Crippen LogP) is 6.82. The Hall–Kier alpha value is -4.37. The largest absolute Gasteiger partial charge is 0.507 e. The van der Waals surface area contributed by atoms with E-state index in [1.807, 2.05) is 49.4 Å². The molecule has 3 aromatic carbocycles. The van der Waals surface area contributed by atoms with Gasteiger partial charge in [-0.2, -0.15) is 0 Å². The number of aromatic nitrogens is 1. The molecule has 0 aliphatic carbocycles. The molecule has 4 aromatic rings. The van der Waals surface area contributed by atoms with Gasteiger partial charge in [0.15, 0.2) is 5.13 Å². The van der Waals surface area contributed by atoms with Gasteiger partial charge >= 0.3 is 5.91 Å². The molecule has 3 heterocycles. The van der Waals surface area contributed by atoms with Crippen LogP contribution in [0.15, 0.2) is 66.2 Å². The second kappa shape index (κ2) is 11.5. The van der Waals surface area contributed by atoms with E-state index in [4.69, 9.17) is 19.2 Å². The molecule has 2 atom stereocenters. The Bertz CT molecular complexity index is 1690. The molecule has 8 nitrogen and oxygen atoms in total. The van der Waals surface area contributed by atoms with Gasteiger partial charge in [0.25, 0.3) is 5.78 Å². The third-order valence-electron chi connectivity index (χ3n) is 7.62. The van der Waals surface area contributed by atoms with Gasteiger partial charge in [0.1, 0.15) is 29.1 Å². The zero-order chi connectivity index (χ0) is 29.4. The van der Waals surface area contributed by atoms with Crippen LogP contribution < -0.4 is 19.1 Å². The Balaban J connectivity index is 1.44. The fourth-order valence-electron chi connectivity index (χ4n) is 5.48. The number of Topliss-reactive ketones (excluding diaryl/α,β-unsaturated/α-hetero) is 1. The number of aliphatic hydroxyl groups is 1. The monoisotopic (exact) mass is 584 g/mol. The van der Waals surface area contributed by atoms with Crippen LogP contribution in [0.2, 0.25) is 0 Å². The summed E-state index contributed by atoms with van der Waals surface area (Å²) < 4.78 is 17.9. The molecule has 42 heavy (non-hydrogen) atoms. The van der Waals surface area contributed by atoms with Crippen molar-refractivity contribution in [3.8, 4) is 17.2 Å². The zero-order valence-electron chi connectivity index (χ0n) is 23.8. The first-order chi connectivity index (χ1) is 20.4. The number of aliphatic hydroxyl groups excluding tert-OH is 1. The van der Waals surface area contributed by atoms with Gasteiger partial charge in [0, 0.05) is 12.0 Å². The smallest absolute Gasteiger partial charge is 0.301 e. The number of hydrogen-bond acceptors (Lipinski definition) is 8. The maximum absolute atomic E-state index is 13.7. The maximum Gasteiger partial charge on any atom is 0.301 e. The lowest BCUT2D eigenvalue weighted by molar-refractivity contribution is -0.132. The minimum absolute atomic E-state index is 0.0142. The van der Waals surface area contributed by atoms with Gasteiger partial charge in [-0.1, -0.05) is 43.2 Å². The molecule has 1 fully saturated rings. The number of ether oxygens (including phenoxy) is 3. The molecule has 216 valence electrons. The van der Waals surface area contributed by atoms with Gasteiger partial charge in [-0.25, -0.2) is 4.98 Å². The normalized spacial score (nSPS) is 19.3. The van der Waals surface area contributed by atoms with E-state index in [2.05, 4.69) is 6.92 Å². The summed E-state index contributed by atoms with van der Waals surface area (Å²) in [5.41, 5.74) is 2.76. The van der Waals surface area contributed by atoms with Crippen LogP contribution in [0, 0.1) is 0 Å². The summed E-state index contributed by atoms with van der Waals surface area (Å²) in [6.07, 6.45) is 3.89. The average molecular weight is 585 g/mol. The second-order valence-corrected chi connectivity index (χ2v) is 11.6. The van der Waals surface area contributed by atoms with E-state index in [-0.39, 0.29) is 17.4 Å². The standard InChI is InChI=1S/C33H32N2O6S/c1-4-5-6-15-40-23-10-7-20(8-11-23)29-28(30(36)21-9-14-26-22(17-21)16-19(2)41-26)31(37)32(38)35(29)33-34-25-13-12-24(39-3)18-27(25)42-33/h7-14,17-19,29,36H,4-6,15-16H2,1-3H3/b30-28+/t19-,29-/m1/s1. The number of amides is 1. The second-order valence-electron chi connectivity index (χ2n) is 10.6. The van der Waals surface area contributed by atoms with E-state index >= 15 is 0 Å². The lowest BCUT2D eigenvalue weighted by Crippen LogP contribution is -2.29. The van der Waals surface area contributed by atoms with E-state index in [9.17, 15) is 14.7 Å². The number of unbranched alkanes of at least 4 members (excludes halogenated alkanes) is 2. The van der Waals surface area contributed by atoms with Gasteiger partial charge in [-0.3, -0.25) is 14.5 Å². The fraction of sp³-hybridized carbons (Fsp3) is 0.303. The number of carbonyl (C=O) groups is 2. The number of ketones is 1. The highest BCUT2D eigenvalue weighted by molar-refractivity contribution is 7.22. The number of methoxy groups -OCH3 is 1. The molecule has 9 heteroatoms. The Kier molecular flexibility index (Phi) is 7.60. The molecular weight excluding hydrogens is 552 g/mol. The van der Waals surface area contributed by atoms with Crippen molar-refractivity contribution in [2.24, 2.45) is 0 Å². The van der Waals surface area contributed by atoms with Gasteiger partial charge < -0.3 is 19.3 Å². The number of nitrogens with zero attached hydrogens (tertiary/aromatic N) is 2. The van der Waals surface area contributed by atoms with Crippen molar-refractivity contribution in [2.75, 3.05) is 18.6 Å². The minimum Gasteiger partial charge on any atom is -0.507 e. The fourth-order valence-corrected chi connectivity index (χ4v) is 6.50. The Morgan fingerprint density at radius 2 is 1.86 bits per heavy atom. The van der Waals surface area contributed by atoms with E-state index < -0.39 is 17.7 Å². The van der Waals surface area contributed by atoms with E-state index in [1.54, 1.807) is 25.3 Å². The maximum atomic E-state index is 13.7. The molecule has 0 spiro atoms. The summed E-state index contributed by atoms with van der Waals surface area (Å²) in [6.45, 7) is 4.74. The first kappa shape index (κ1) is 27.8. The van der Waals surface area contributed by atoms with Crippen LogP contribution >= 0.6 is 11.3 Å². The highest BCUT2D eigenvalue weighted by Gasteiger charge is 2.48. The number of benzene rings is 3. The van der Waals surface area contributed by atoms with Crippen LogP contribution in [0.25, 0.3) is 16.0 Å². The molecule has 1 amide bonds. The van der Waals surface area contributed by atoms with Crippen LogP contribution in [0.3, 0.4) is 0 Å². The SMILES string of the molecule is CCCCCOc1ccc([C@@H]2/C(=C(\O)c3ccc4c(c3)C[C@@H](C)O4)C(=O)C(=O)N2c2nc3ccc(OC)cc3s2)cc1.